The van der Waals surface area contributed by atoms with E-state index in [1.165, 1.54) is 13.8 Å². The van der Waals surface area contributed by atoms with Crippen LogP contribution in [0.25, 0.3) is 0 Å². The fourth-order valence-electron chi connectivity index (χ4n) is 0.967. The zero-order chi connectivity index (χ0) is 12.5. The maximum absolute atomic E-state index is 13.3. The fraction of sp³-hybridized carbons (Fsp3) is 0.300. The van der Waals surface area contributed by atoms with E-state index in [0.717, 1.165) is 12.1 Å². The molecule has 16 heavy (non-hydrogen) atoms. The van der Waals surface area contributed by atoms with Crippen LogP contribution in [-0.2, 0) is 4.79 Å². The monoisotopic (exact) mass is 229 g/mol. The molecule has 6 heteroatoms. The quantitative estimate of drug-likeness (QED) is 0.667. The van der Waals surface area contributed by atoms with Gasteiger partial charge in [-0.15, -0.1) is 0 Å². The Morgan fingerprint density at radius 1 is 1.38 bits per heavy atom. The van der Waals surface area contributed by atoms with Crippen LogP contribution in [0.1, 0.15) is 13.8 Å². The molecule has 88 valence electrons. The lowest BCUT2D eigenvalue weighted by Crippen LogP contribution is -2.45. The maximum atomic E-state index is 13.3. The molecule has 0 fully saturated rings. The van der Waals surface area contributed by atoms with Gasteiger partial charge < -0.3 is 16.8 Å². The summed E-state index contributed by atoms with van der Waals surface area (Å²) in [5, 5.41) is 2.16. The Morgan fingerprint density at radius 2 is 1.94 bits per heavy atom. The summed E-state index contributed by atoms with van der Waals surface area (Å²) in [4.78, 5) is 11.5. The van der Waals surface area contributed by atoms with Gasteiger partial charge in [-0.05, 0) is 26.0 Å². The van der Waals surface area contributed by atoms with E-state index >= 15 is 0 Å². The molecule has 0 aromatic heterocycles. The molecule has 1 amide bonds. The van der Waals surface area contributed by atoms with Crippen molar-refractivity contribution >= 4 is 17.3 Å². The lowest BCUT2D eigenvalue weighted by atomic mass is 10.1. The number of nitrogen functional groups attached to an aromatic ring is 1. The number of nitrogens with one attached hydrogen (secondary N) is 1. The third-order valence-electron chi connectivity index (χ3n) is 1.95. The molecule has 0 heterocycles. The topological polar surface area (TPSA) is 81.1 Å². The number of benzene rings is 1. The van der Waals surface area contributed by atoms with Gasteiger partial charge in [-0.2, -0.15) is 0 Å². The second-order valence-electron chi connectivity index (χ2n) is 4.00. The van der Waals surface area contributed by atoms with Gasteiger partial charge in [0.05, 0.1) is 11.2 Å². The normalized spacial score (nSPS) is 11.3. The number of carbonyl (C=O) groups is 1. The van der Waals surface area contributed by atoms with Gasteiger partial charge in [0, 0.05) is 0 Å². The van der Waals surface area contributed by atoms with E-state index in [4.69, 9.17) is 11.5 Å². The summed E-state index contributed by atoms with van der Waals surface area (Å²) in [6.45, 7) is 2.88. The third-order valence-corrected chi connectivity index (χ3v) is 1.95. The summed E-state index contributed by atoms with van der Waals surface area (Å²) in [6, 6.07) is 2.05. The zero-order valence-electron chi connectivity index (χ0n) is 8.97. The summed E-state index contributed by atoms with van der Waals surface area (Å²) in [5.41, 5.74) is 9.27. The zero-order valence-corrected chi connectivity index (χ0v) is 8.97. The van der Waals surface area contributed by atoms with Crippen molar-refractivity contribution in [2.75, 3.05) is 11.1 Å². The minimum Gasteiger partial charge on any atom is -0.397 e. The SMILES string of the molecule is CC(C)(N)C(=O)Nc1c(N)ccc(F)c1F. The van der Waals surface area contributed by atoms with Gasteiger partial charge in [0.2, 0.25) is 5.91 Å². The van der Waals surface area contributed by atoms with Crippen molar-refractivity contribution in [1.82, 2.24) is 0 Å². The second-order valence-corrected chi connectivity index (χ2v) is 4.00. The summed E-state index contributed by atoms with van der Waals surface area (Å²) >= 11 is 0. The Kier molecular flexibility index (Phi) is 3.14. The molecule has 0 aliphatic rings. The second kappa shape index (κ2) is 4.05. The number of nitrogens with two attached hydrogens (primary N) is 2. The van der Waals surface area contributed by atoms with Gasteiger partial charge in [0.1, 0.15) is 5.69 Å². The van der Waals surface area contributed by atoms with Crippen molar-refractivity contribution in [1.29, 1.82) is 0 Å². The number of amides is 1. The number of rotatable bonds is 2. The molecule has 0 bridgehead atoms. The number of anilines is 2. The molecule has 4 nitrogen and oxygen atoms in total. The van der Waals surface area contributed by atoms with E-state index < -0.39 is 23.1 Å². The molecule has 5 N–H and O–H groups in total. The molecule has 0 aliphatic carbocycles. The number of hydrogen-bond acceptors (Lipinski definition) is 3. The molecule has 0 radical (unpaired) electrons. The highest BCUT2D eigenvalue weighted by Gasteiger charge is 2.24. The first-order chi connectivity index (χ1) is 7.23. The lowest BCUT2D eigenvalue weighted by Gasteiger charge is -2.19. The van der Waals surface area contributed by atoms with Crippen molar-refractivity contribution in [3.63, 3.8) is 0 Å². The van der Waals surface area contributed by atoms with E-state index in [9.17, 15) is 13.6 Å². The first-order valence-corrected chi connectivity index (χ1v) is 4.57. The molecule has 0 saturated heterocycles. The van der Waals surface area contributed by atoms with Gasteiger partial charge >= 0.3 is 0 Å². The smallest absolute Gasteiger partial charge is 0.244 e. The average molecular weight is 229 g/mol. The molecule has 1 aromatic rings. The fourth-order valence-corrected chi connectivity index (χ4v) is 0.967. The van der Waals surface area contributed by atoms with E-state index in [1.54, 1.807) is 0 Å². The predicted octanol–water partition coefficient (Wildman–Crippen LogP) is 1.22. The average Bonchev–Trinajstić information content (AvgIpc) is 2.17. The Balaban J connectivity index is 3.07. The van der Waals surface area contributed by atoms with Crippen LogP contribution in [0.5, 0.6) is 0 Å². The predicted molar refractivity (Wildman–Crippen MR) is 57.7 cm³/mol. The molecule has 1 rings (SSSR count). The van der Waals surface area contributed by atoms with Crippen LogP contribution in [-0.4, -0.2) is 11.4 Å². The van der Waals surface area contributed by atoms with Crippen LogP contribution in [0.4, 0.5) is 20.2 Å². The Hall–Kier alpha value is -1.69. The Labute approximate surface area is 91.6 Å². The lowest BCUT2D eigenvalue weighted by molar-refractivity contribution is -0.120. The van der Waals surface area contributed by atoms with Crippen molar-refractivity contribution in [3.05, 3.63) is 23.8 Å². The molecule has 0 aliphatic heterocycles. The molecular formula is C10H13F2N3O. The van der Waals surface area contributed by atoms with E-state index in [0.29, 0.717) is 0 Å². The van der Waals surface area contributed by atoms with Gasteiger partial charge in [-0.3, -0.25) is 4.79 Å². The number of hydrogen-bond donors (Lipinski definition) is 3. The minimum absolute atomic E-state index is 0.0588. The molecule has 0 unspecified atom stereocenters. The minimum atomic E-state index is -1.20. The summed E-state index contributed by atoms with van der Waals surface area (Å²) < 4.78 is 26.2. The molecule has 1 aromatic carbocycles. The van der Waals surface area contributed by atoms with Crippen molar-refractivity contribution in [3.8, 4) is 0 Å². The molecular weight excluding hydrogens is 216 g/mol. The van der Waals surface area contributed by atoms with Gasteiger partial charge in [-0.1, -0.05) is 0 Å². The molecule has 0 atom stereocenters. The first kappa shape index (κ1) is 12.4. The maximum Gasteiger partial charge on any atom is 0.244 e. The van der Waals surface area contributed by atoms with E-state index in [1.807, 2.05) is 0 Å². The summed E-state index contributed by atoms with van der Waals surface area (Å²) in [7, 11) is 0. The Morgan fingerprint density at radius 3 is 2.44 bits per heavy atom. The Bertz CT molecular complexity index is 427. The first-order valence-electron chi connectivity index (χ1n) is 4.57. The standard InChI is InChI=1S/C10H13F2N3O/c1-10(2,14)9(16)15-8-6(13)4-3-5(11)7(8)12/h3-4H,13-14H2,1-2H3,(H,15,16). The van der Waals surface area contributed by atoms with Gasteiger partial charge in [-0.25, -0.2) is 8.78 Å². The van der Waals surface area contributed by atoms with Crippen LogP contribution in [0, 0.1) is 11.6 Å². The third kappa shape index (κ3) is 2.46. The largest absolute Gasteiger partial charge is 0.397 e. The number of halogens is 2. The summed E-state index contributed by atoms with van der Waals surface area (Å²) in [5.74, 6) is -2.93. The van der Waals surface area contributed by atoms with Crippen LogP contribution in [0.3, 0.4) is 0 Å². The highest BCUT2D eigenvalue weighted by Crippen LogP contribution is 2.25. The van der Waals surface area contributed by atoms with E-state index in [2.05, 4.69) is 5.32 Å². The van der Waals surface area contributed by atoms with Crippen molar-refractivity contribution < 1.29 is 13.6 Å². The summed E-state index contributed by atoms with van der Waals surface area (Å²) in [6.07, 6.45) is 0. The molecule has 0 spiro atoms. The van der Waals surface area contributed by atoms with Gasteiger partial charge in [0.25, 0.3) is 0 Å². The van der Waals surface area contributed by atoms with E-state index in [-0.39, 0.29) is 11.4 Å². The van der Waals surface area contributed by atoms with Crippen LogP contribution < -0.4 is 16.8 Å². The highest BCUT2D eigenvalue weighted by atomic mass is 19.2. The van der Waals surface area contributed by atoms with Crippen LogP contribution in [0.15, 0.2) is 12.1 Å². The molecule has 0 saturated carbocycles. The van der Waals surface area contributed by atoms with Gasteiger partial charge in [0.15, 0.2) is 11.6 Å². The highest BCUT2D eigenvalue weighted by molar-refractivity contribution is 5.99. The van der Waals surface area contributed by atoms with Crippen molar-refractivity contribution in [2.24, 2.45) is 5.73 Å². The van der Waals surface area contributed by atoms with Crippen molar-refractivity contribution in [2.45, 2.75) is 19.4 Å². The number of carbonyl (C=O) groups excluding carboxylic acids is 1. The van der Waals surface area contributed by atoms with Crippen LogP contribution >= 0.6 is 0 Å². The van der Waals surface area contributed by atoms with Crippen LogP contribution in [0.2, 0.25) is 0 Å².